The van der Waals surface area contributed by atoms with E-state index in [1.54, 1.807) is 25.4 Å². The van der Waals surface area contributed by atoms with E-state index >= 15 is 0 Å². The first-order valence-electron chi connectivity index (χ1n) is 8.89. The van der Waals surface area contributed by atoms with Crippen molar-refractivity contribution in [1.29, 1.82) is 0 Å². The minimum absolute atomic E-state index is 0.145. The van der Waals surface area contributed by atoms with Gasteiger partial charge in [0.1, 0.15) is 11.9 Å². The molecular weight excluding hydrogens is 423 g/mol. The van der Waals surface area contributed by atoms with Crippen LogP contribution in [0.2, 0.25) is 0 Å². The van der Waals surface area contributed by atoms with Gasteiger partial charge in [-0.3, -0.25) is 4.79 Å². The Morgan fingerprint density at radius 1 is 1.07 bits per heavy atom. The lowest BCUT2D eigenvalue weighted by Crippen LogP contribution is -2.16. The second-order valence-electron chi connectivity index (χ2n) is 6.87. The van der Waals surface area contributed by atoms with Gasteiger partial charge in [0.05, 0.1) is 0 Å². The zero-order valence-electron chi connectivity index (χ0n) is 15.6. The van der Waals surface area contributed by atoms with E-state index in [4.69, 9.17) is 0 Å². The smallest absolute Gasteiger partial charge is 0.250 e. The van der Waals surface area contributed by atoms with Crippen LogP contribution >= 0.6 is 15.9 Å². The van der Waals surface area contributed by atoms with Crippen molar-refractivity contribution in [2.24, 2.45) is 12.2 Å². The molecule has 3 aromatic rings. The molecule has 0 spiro atoms. The van der Waals surface area contributed by atoms with E-state index in [2.05, 4.69) is 21.1 Å². The second-order valence-corrected chi connectivity index (χ2v) is 7.79. The fraction of sp³-hybridized carbons (Fsp3) is 0.227. The van der Waals surface area contributed by atoms with Crippen LogP contribution in [0.3, 0.4) is 0 Å². The van der Waals surface area contributed by atoms with Crippen molar-refractivity contribution in [2.45, 2.75) is 25.3 Å². The number of halogens is 2. The molecule has 0 saturated heterocycles. The molecule has 4 nitrogen and oxygen atoms in total. The number of hydrogen-bond acceptors (Lipinski definition) is 3. The lowest BCUT2D eigenvalue weighted by Gasteiger charge is -2.23. The molecule has 2 atom stereocenters. The maximum atomic E-state index is 13.6. The van der Waals surface area contributed by atoms with Gasteiger partial charge in [0.15, 0.2) is 0 Å². The van der Waals surface area contributed by atoms with E-state index in [9.17, 15) is 14.1 Å². The Balaban J connectivity index is 2.04. The molecule has 1 heterocycles. The highest BCUT2D eigenvalue weighted by molar-refractivity contribution is 9.10. The fourth-order valence-corrected chi connectivity index (χ4v) is 3.71. The molecule has 0 radical (unpaired) electrons. The van der Waals surface area contributed by atoms with Gasteiger partial charge in [-0.2, -0.15) is 4.91 Å². The Labute approximate surface area is 171 Å². The molecule has 3 rings (SSSR count). The first kappa shape index (κ1) is 20.1. The predicted molar refractivity (Wildman–Crippen MR) is 112 cm³/mol. The topological polar surface area (TPSA) is 51.4 Å². The van der Waals surface area contributed by atoms with E-state index < -0.39 is 6.04 Å². The maximum Gasteiger partial charge on any atom is 0.250 e. The van der Waals surface area contributed by atoms with Crippen LogP contribution < -0.4 is 5.56 Å². The first-order valence-corrected chi connectivity index (χ1v) is 9.69. The number of benzene rings is 2. The van der Waals surface area contributed by atoms with Crippen molar-refractivity contribution in [3.05, 3.63) is 109 Å². The summed E-state index contributed by atoms with van der Waals surface area (Å²) in [6.45, 7) is 1.86. The third-order valence-corrected chi connectivity index (χ3v) is 5.49. The normalized spacial score (nSPS) is 13.1. The Hall–Kier alpha value is -2.60. The van der Waals surface area contributed by atoms with E-state index in [1.807, 2.05) is 31.2 Å². The summed E-state index contributed by atoms with van der Waals surface area (Å²) in [4.78, 5) is 23.4. The van der Waals surface area contributed by atoms with Gasteiger partial charge in [0.25, 0.3) is 0 Å². The number of pyridine rings is 1. The van der Waals surface area contributed by atoms with Crippen molar-refractivity contribution in [3.8, 4) is 0 Å². The second kappa shape index (κ2) is 8.61. The summed E-state index contributed by atoms with van der Waals surface area (Å²) in [6.07, 6.45) is 2.06. The molecule has 0 N–H and O–H groups in total. The van der Waals surface area contributed by atoms with Gasteiger partial charge in [0.2, 0.25) is 5.56 Å². The summed E-state index contributed by atoms with van der Waals surface area (Å²) >= 11 is 3.44. The molecule has 0 aliphatic carbocycles. The molecule has 2 aromatic carbocycles. The summed E-state index contributed by atoms with van der Waals surface area (Å²) in [5.74, 6) is -0.437. The summed E-state index contributed by atoms with van der Waals surface area (Å²) in [5, 5.41) is 3.34. The third kappa shape index (κ3) is 4.44. The van der Waals surface area contributed by atoms with Crippen LogP contribution in [0.1, 0.15) is 40.6 Å². The quantitative estimate of drug-likeness (QED) is 0.464. The Bertz CT molecular complexity index is 1050. The molecule has 2 unspecified atom stereocenters. The molecule has 0 fully saturated rings. The minimum atomic E-state index is -0.634. The van der Waals surface area contributed by atoms with Gasteiger partial charge in [-0.1, -0.05) is 39.3 Å². The van der Waals surface area contributed by atoms with Crippen LogP contribution in [0, 0.1) is 17.6 Å². The van der Waals surface area contributed by atoms with Crippen molar-refractivity contribution in [2.75, 3.05) is 0 Å². The van der Waals surface area contributed by atoms with Crippen molar-refractivity contribution in [3.63, 3.8) is 0 Å². The first-order chi connectivity index (χ1) is 13.4. The van der Waals surface area contributed by atoms with Gasteiger partial charge in [0, 0.05) is 29.7 Å². The molecule has 28 heavy (non-hydrogen) atoms. The van der Waals surface area contributed by atoms with Crippen LogP contribution in [-0.4, -0.2) is 4.57 Å². The van der Waals surface area contributed by atoms with Crippen molar-refractivity contribution >= 4 is 15.9 Å². The maximum absolute atomic E-state index is 13.6. The number of aryl methyl sites for hydroxylation is 2. The summed E-state index contributed by atoms with van der Waals surface area (Å²) < 4.78 is 16.0. The van der Waals surface area contributed by atoms with Crippen molar-refractivity contribution < 1.29 is 4.39 Å². The van der Waals surface area contributed by atoms with Crippen LogP contribution in [0.4, 0.5) is 4.39 Å². The minimum Gasteiger partial charge on any atom is -0.318 e. The van der Waals surface area contributed by atoms with Crippen LogP contribution in [-0.2, 0) is 7.05 Å². The zero-order chi connectivity index (χ0) is 20.3. The van der Waals surface area contributed by atoms with Crippen LogP contribution in [0.5, 0.6) is 0 Å². The zero-order valence-corrected chi connectivity index (χ0v) is 17.2. The number of nitroso groups, excluding NO2 is 1. The molecule has 1 aromatic heterocycles. The molecule has 0 bridgehead atoms. The monoisotopic (exact) mass is 442 g/mol. The Morgan fingerprint density at radius 2 is 1.75 bits per heavy atom. The van der Waals surface area contributed by atoms with Crippen molar-refractivity contribution in [1.82, 2.24) is 4.57 Å². The number of nitrogens with zero attached hydrogens (tertiary/aromatic N) is 2. The van der Waals surface area contributed by atoms with Gasteiger partial charge in [-0.25, -0.2) is 4.39 Å². The number of hydrogen-bond donors (Lipinski definition) is 0. The number of rotatable bonds is 6. The van der Waals surface area contributed by atoms with E-state index in [1.165, 1.54) is 22.8 Å². The Morgan fingerprint density at radius 3 is 2.36 bits per heavy atom. The highest BCUT2D eigenvalue weighted by Gasteiger charge is 2.24. The highest BCUT2D eigenvalue weighted by Crippen LogP contribution is 2.37. The third-order valence-electron chi connectivity index (χ3n) is 4.96. The summed E-state index contributed by atoms with van der Waals surface area (Å²) in [5.41, 5.74) is 3.31. The molecule has 6 heteroatoms. The number of aromatic nitrogens is 1. The van der Waals surface area contributed by atoms with E-state index in [0.29, 0.717) is 12.0 Å². The van der Waals surface area contributed by atoms with Gasteiger partial charge >= 0.3 is 0 Å². The summed E-state index contributed by atoms with van der Waals surface area (Å²) in [6, 6.07) is 15.0. The van der Waals surface area contributed by atoms with Gasteiger partial charge < -0.3 is 4.57 Å². The van der Waals surface area contributed by atoms with E-state index in [-0.39, 0.29) is 17.3 Å². The molecule has 0 aliphatic heterocycles. The molecular formula is C22H20BrFN2O2. The highest BCUT2D eigenvalue weighted by atomic mass is 79.9. The average Bonchev–Trinajstić information content (AvgIpc) is 2.67. The lowest BCUT2D eigenvalue weighted by atomic mass is 9.83. The SMILES string of the molecule is Cc1cc(F)ccc1C(CC(N=O)c1ccc(=O)n(C)c1)c1ccc(Br)cc1. The van der Waals surface area contributed by atoms with Crippen LogP contribution in [0.15, 0.2) is 75.2 Å². The fourth-order valence-electron chi connectivity index (χ4n) is 3.44. The molecule has 0 aliphatic rings. The standard InChI is InChI=1S/C22H20BrFN2O2/c1-14-11-18(24)8-9-19(14)20(15-3-6-17(23)7-4-15)12-21(25-28)16-5-10-22(27)26(2)13-16/h3-11,13,20-21H,12H2,1-2H3. The predicted octanol–water partition coefficient (Wildman–Crippen LogP) is 5.63. The van der Waals surface area contributed by atoms with Gasteiger partial charge in [-0.15, -0.1) is 0 Å². The Kier molecular flexibility index (Phi) is 6.19. The molecule has 0 saturated carbocycles. The molecule has 144 valence electrons. The largest absolute Gasteiger partial charge is 0.318 e. The van der Waals surface area contributed by atoms with E-state index in [0.717, 1.165) is 21.2 Å². The summed E-state index contributed by atoms with van der Waals surface area (Å²) in [7, 11) is 1.64. The van der Waals surface area contributed by atoms with Crippen LogP contribution in [0.25, 0.3) is 0 Å². The average molecular weight is 443 g/mol. The molecule has 0 amide bonds. The lowest BCUT2D eigenvalue weighted by molar-refractivity contribution is 0.583. The van der Waals surface area contributed by atoms with Gasteiger partial charge in [-0.05, 0) is 65.9 Å².